The molecule has 0 spiro atoms. The van der Waals surface area contributed by atoms with Gasteiger partial charge in [-0.2, -0.15) is 11.8 Å². The van der Waals surface area contributed by atoms with E-state index in [1.165, 1.54) is 64.6 Å². The van der Waals surface area contributed by atoms with Crippen molar-refractivity contribution in [3.05, 3.63) is 0 Å². The molecule has 19 heavy (non-hydrogen) atoms. The Bertz CT molecular complexity index is 265. The van der Waals surface area contributed by atoms with Crippen LogP contribution in [0.15, 0.2) is 0 Å². The minimum absolute atomic E-state index is 0.378. The number of nitrogens with one attached hydrogen (secondary N) is 1. The molecule has 2 nitrogen and oxygen atoms in total. The van der Waals surface area contributed by atoms with E-state index < -0.39 is 0 Å². The number of thioether (sulfide) groups is 1. The third-order valence-electron chi connectivity index (χ3n) is 5.43. The molecule has 1 heterocycles. The Kier molecular flexibility index (Phi) is 6.04. The third kappa shape index (κ3) is 3.89. The number of hydrogen-bond acceptors (Lipinski definition) is 3. The largest absolute Gasteiger partial charge is 0.310 e. The first kappa shape index (κ1) is 15.7. The molecular formula is C16H32N2S. The van der Waals surface area contributed by atoms with Crippen LogP contribution in [0.25, 0.3) is 0 Å². The molecule has 0 aromatic heterocycles. The van der Waals surface area contributed by atoms with E-state index in [1.807, 2.05) is 0 Å². The highest BCUT2D eigenvalue weighted by Crippen LogP contribution is 2.32. The molecule has 2 unspecified atom stereocenters. The van der Waals surface area contributed by atoms with E-state index in [4.69, 9.17) is 0 Å². The standard InChI is InChI=1S/C16H32N2S/c1-4-16(5-2)13-18(11-7-10-17-16)14-8-6-9-15(12-14)19-3/h14-15,17H,4-13H2,1-3H3. The van der Waals surface area contributed by atoms with Crippen molar-refractivity contribution in [3.63, 3.8) is 0 Å². The highest BCUT2D eigenvalue weighted by atomic mass is 32.2. The van der Waals surface area contributed by atoms with Gasteiger partial charge in [0.1, 0.15) is 0 Å². The van der Waals surface area contributed by atoms with E-state index in [9.17, 15) is 0 Å². The van der Waals surface area contributed by atoms with Gasteiger partial charge in [0.2, 0.25) is 0 Å². The van der Waals surface area contributed by atoms with Crippen LogP contribution < -0.4 is 5.32 Å². The molecule has 0 bridgehead atoms. The van der Waals surface area contributed by atoms with Crippen LogP contribution in [-0.2, 0) is 0 Å². The van der Waals surface area contributed by atoms with Crippen molar-refractivity contribution >= 4 is 11.8 Å². The molecule has 1 N–H and O–H groups in total. The first-order chi connectivity index (χ1) is 9.23. The van der Waals surface area contributed by atoms with E-state index in [0.29, 0.717) is 5.54 Å². The molecule has 0 aromatic carbocycles. The lowest BCUT2D eigenvalue weighted by atomic mass is 9.89. The van der Waals surface area contributed by atoms with Gasteiger partial charge in [0.15, 0.2) is 0 Å². The summed E-state index contributed by atoms with van der Waals surface area (Å²) in [4.78, 5) is 2.83. The van der Waals surface area contributed by atoms with Crippen molar-refractivity contribution < 1.29 is 0 Å². The fraction of sp³-hybridized carbons (Fsp3) is 1.00. The first-order valence-electron chi connectivity index (χ1n) is 8.25. The Morgan fingerprint density at radius 2 is 2.00 bits per heavy atom. The van der Waals surface area contributed by atoms with Gasteiger partial charge in [0, 0.05) is 23.4 Å². The van der Waals surface area contributed by atoms with Crippen LogP contribution >= 0.6 is 11.8 Å². The van der Waals surface area contributed by atoms with Gasteiger partial charge in [-0.25, -0.2) is 0 Å². The molecule has 1 aliphatic carbocycles. The second kappa shape index (κ2) is 7.33. The fourth-order valence-electron chi connectivity index (χ4n) is 3.86. The Morgan fingerprint density at radius 3 is 2.68 bits per heavy atom. The summed E-state index contributed by atoms with van der Waals surface area (Å²) in [5.41, 5.74) is 0.378. The van der Waals surface area contributed by atoms with Crippen molar-refractivity contribution in [1.82, 2.24) is 10.2 Å². The van der Waals surface area contributed by atoms with Crippen LogP contribution in [0, 0.1) is 0 Å². The molecule has 2 fully saturated rings. The van der Waals surface area contributed by atoms with Gasteiger partial charge in [0.25, 0.3) is 0 Å². The van der Waals surface area contributed by atoms with Crippen LogP contribution in [0.2, 0.25) is 0 Å². The second-order valence-corrected chi connectivity index (χ2v) is 7.55. The zero-order valence-corrected chi connectivity index (χ0v) is 13.9. The molecule has 0 radical (unpaired) electrons. The molecule has 112 valence electrons. The fourth-order valence-corrected chi connectivity index (χ4v) is 4.68. The maximum Gasteiger partial charge on any atom is 0.0303 e. The summed E-state index contributed by atoms with van der Waals surface area (Å²) in [6.07, 6.45) is 11.9. The summed E-state index contributed by atoms with van der Waals surface area (Å²) in [6, 6.07) is 0.851. The monoisotopic (exact) mass is 284 g/mol. The molecule has 2 atom stereocenters. The zero-order chi connectivity index (χ0) is 13.7. The van der Waals surface area contributed by atoms with Crippen LogP contribution in [0.1, 0.15) is 58.8 Å². The summed E-state index contributed by atoms with van der Waals surface area (Å²) < 4.78 is 0. The van der Waals surface area contributed by atoms with Gasteiger partial charge in [-0.05, 0) is 57.9 Å². The maximum atomic E-state index is 3.84. The van der Waals surface area contributed by atoms with Crippen LogP contribution in [-0.4, -0.2) is 47.6 Å². The summed E-state index contributed by atoms with van der Waals surface area (Å²) in [5, 5.41) is 4.75. The van der Waals surface area contributed by atoms with E-state index >= 15 is 0 Å². The highest BCUT2D eigenvalue weighted by molar-refractivity contribution is 7.99. The minimum Gasteiger partial charge on any atom is -0.310 e. The normalized spacial score (nSPS) is 33.0. The molecule has 2 rings (SSSR count). The SMILES string of the molecule is CCC1(CC)CN(C2CCCC(SC)C2)CCCN1. The summed E-state index contributed by atoms with van der Waals surface area (Å²) >= 11 is 2.09. The Balaban J connectivity index is 2.01. The molecular weight excluding hydrogens is 252 g/mol. The van der Waals surface area contributed by atoms with Crippen molar-refractivity contribution in [2.45, 2.75) is 75.6 Å². The summed E-state index contributed by atoms with van der Waals surface area (Å²) in [7, 11) is 0. The lowest BCUT2D eigenvalue weighted by Gasteiger charge is -2.41. The third-order valence-corrected chi connectivity index (χ3v) is 6.52. The van der Waals surface area contributed by atoms with Crippen molar-refractivity contribution in [2.24, 2.45) is 0 Å². The molecule has 2 aliphatic rings. The first-order valence-corrected chi connectivity index (χ1v) is 9.53. The molecule has 1 saturated heterocycles. The smallest absolute Gasteiger partial charge is 0.0303 e. The van der Waals surface area contributed by atoms with E-state index in [0.717, 1.165) is 11.3 Å². The Hall–Kier alpha value is 0.270. The Labute approximate surface area is 124 Å². The Morgan fingerprint density at radius 1 is 1.21 bits per heavy atom. The molecule has 3 heteroatoms. The summed E-state index contributed by atoms with van der Waals surface area (Å²) in [6.45, 7) is 8.49. The molecule has 0 aromatic rings. The van der Waals surface area contributed by atoms with Crippen LogP contribution in [0.5, 0.6) is 0 Å². The predicted octanol–water partition coefficient (Wildman–Crippen LogP) is 3.51. The van der Waals surface area contributed by atoms with Crippen molar-refractivity contribution in [3.8, 4) is 0 Å². The van der Waals surface area contributed by atoms with Gasteiger partial charge in [-0.15, -0.1) is 0 Å². The minimum atomic E-state index is 0.378. The number of nitrogens with zero attached hydrogens (tertiary/aromatic N) is 1. The summed E-state index contributed by atoms with van der Waals surface area (Å²) in [5.74, 6) is 0. The van der Waals surface area contributed by atoms with Gasteiger partial charge in [0.05, 0.1) is 0 Å². The van der Waals surface area contributed by atoms with Gasteiger partial charge >= 0.3 is 0 Å². The molecule has 1 saturated carbocycles. The van der Waals surface area contributed by atoms with Crippen molar-refractivity contribution in [2.75, 3.05) is 25.9 Å². The van der Waals surface area contributed by atoms with E-state index in [2.05, 4.69) is 42.1 Å². The van der Waals surface area contributed by atoms with Gasteiger partial charge in [-0.1, -0.05) is 20.3 Å². The average molecular weight is 285 g/mol. The number of rotatable bonds is 4. The molecule has 1 aliphatic heterocycles. The highest BCUT2D eigenvalue weighted by Gasteiger charge is 2.34. The predicted molar refractivity (Wildman–Crippen MR) is 87.1 cm³/mol. The topological polar surface area (TPSA) is 15.3 Å². The van der Waals surface area contributed by atoms with Crippen molar-refractivity contribution in [1.29, 1.82) is 0 Å². The quantitative estimate of drug-likeness (QED) is 0.850. The molecule has 0 amide bonds. The van der Waals surface area contributed by atoms with Gasteiger partial charge < -0.3 is 5.32 Å². The second-order valence-electron chi connectivity index (χ2n) is 6.42. The van der Waals surface area contributed by atoms with Gasteiger partial charge in [-0.3, -0.25) is 4.90 Å². The lowest BCUT2D eigenvalue weighted by Crippen LogP contribution is -2.53. The maximum absolute atomic E-state index is 3.84. The lowest BCUT2D eigenvalue weighted by molar-refractivity contribution is 0.123. The van der Waals surface area contributed by atoms with Crippen LogP contribution in [0.4, 0.5) is 0 Å². The van der Waals surface area contributed by atoms with E-state index in [-0.39, 0.29) is 0 Å². The zero-order valence-electron chi connectivity index (χ0n) is 13.1. The van der Waals surface area contributed by atoms with Crippen LogP contribution in [0.3, 0.4) is 0 Å². The number of hydrogen-bond donors (Lipinski definition) is 1. The average Bonchev–Trinajstić information content (AvgIpc) is 2.70. The van der Waals surface area contributed by atoms with E-state index in [1.54, 1.807) is 0 Å².